The first kappa shape index (κ1) is 20.8. The van der Waals surface area contributed by atoms with Gasteiger partial charge in [0.2, 0.25) is 5.91 Å². The zero-order valence-electron chi connectivity index (χ0n) is 17.9. The maximum Gasteiger partial charge on any atom is 0.325 e. The summed E-state index contributed by atoms with van der Waals surface area (Å²) in [4.78, 5) is 43.4. The van der Waals surface area contributed by atoms with Crippen LogP contribution in [-0.4, -0.2) is 70.8 Å². The number of carbonyl (C=O) groups is 3. The molecular weight excluding hydrogens is 380 g/mol. The van der Waals surface area contributed by atoms with E-state index in [1.165, 1.54) is 16.0 Å². The molecule has 0 radical (unpaired) electrons. The lowest BCUT2D eigenvalue weighted by molar-refractivity contribution is -0.135. The van der Waals surface area contributed by atoms with Crippen molar-refractivity contribution in [3.05, 3.63) is 35.4 Å². The monoisotopic (exact) mass is 412 g/mol. The molecule has 1 saturated carbocycles. The highest BCUT2D eigenvalue weighted by molar-refractivity contribution is 6.07. The van der Waals surface area contributed by atoms with Gasteiger partial charge < -0.3 is 10.2 Å². The van der Waals surface area contributed by atoms with Crippen LogP contribution in [0.3, 0.4) is 0 Å². The molecule has 4 amide bonds. The molecule has 3 fully saturated rings. The fourth-order valence-electron chi connectivity index (χ4n) is 4.92. The van der Waals surface area contributed by atoms with Crippen molar-refractivity contribution in [1.82, 2.24) is 20.0 Å². The van der Waals surface area contributed by atoms with Gasteiger partial charge in [0.25, 0.3) is 5.91 Å². The van der Waals surface area contributed by atoms with E-state index in [4.69, 9.17) is 0 Å². The highest BCUT2D eigenvalue weighted by Gasteiger charge is 2.51. The molecule has 3 aliphatic rings. The molecule has 162 valence electrons. The smallest absolute Gasteiger partial charge is 0.325 e. The van der Waals surface area contributed by atoms with Gasteiger partial charge >= 0.3 is 6.03 Å². The van der Waals surface area contributed by atoms with Crippen molar-refractivity contribution in [3.63, 3.8) is 0 Å². The molecule has 2 saturated heterocycles. The van der Waals surface area contributed by atoms with Crippen molar-refractivity contribution in [1.29, 1.82) is 0 Å². The molecule has 0 unspecified atom stereocenters. The minimum Gasteiger partial charge on any atom is -0.340 e. The number of hydrogen-bond donors (Lipinski definition) is 1. The molecule has 1 aromatic rings. The lowest BCUT2D eigenvalue weighted by atomic mass is 9.82. The van der Waals surface area contributed by atoms with Crippen molar-refractivity contribution in [2.75, 3.05) is 32.7 Å². The van der Waals surface area contributed by atoms with E-state index in [1.54, 1.807) is 0 Å². The highest BCUT2D eigenvalue weighted by atomic mass is 16.2. The third-order valence-corrected chi connectivity index (χ3v) is 6.88. The molecule has 0 atom stereocenters. The van der Waals surface area contributed by atoms with E-state index >= 15 is 0 Å². The van der Waals surface area contributed by atoms with E-state index in [9.17, 15) is 14.4 Å². The lowest BCUT2D eigenvalue weighted by Gasteiger charge is -2.35. The SMILES string of the molecule is Cc1ccccc1CN1CCN(C(=O)CCN2C(=O)NC3(CCCCC3)C2=O)CC1. The number of amides is 4. The van der Waals surface area contributed by atoms with E-state index in [0.717, 1.165) is 38.9 Å². The molecule has 2 heterocycles. The maximum atomic E-state index is 12.8. The predicted molar refractivity (Wildman–Crippen MR) is 114 cm³/mol. The Labute approximate surface area is 178 Å². The van der Waals surface area contributed by atoms with Gasteiger partial charge in [0.1, 0.15) is 5.54 Å². The molecule has 7 nitrogen and oxygen atoms in total. The Bertz CT molecular complexity index is 810. The number of urea groups is 1. The first-order valence-corrected chi connectivity index (χ1v) is 11.2. The molecular formula is C23H32N4O3. The van der Waals surface area contributed by atoms with Gasteiger partial charge in [-0.25, -0.2) is 4.79 Å². The number of aryl methyl sites for hydroxylation is 1. The Balaban J connectivity index is 1.25. The van der Waals surface area contributed by atoms with Crippen molar-refractivity contribution in [2.24, 2.45) is 0 Å². The number of hydrogen-bond acceptors (Lipinski definition) is 4. The molecule has 30 heavy (non-hydrogen) atoms. The predicted octanol–water partition coefficient (Wildman–Crippen LogP) is 2.28. The van der Waals surface area contributed by atoms with E-state index in [-0.39, 0.29) is 30.8 Å². The summed E-state index contributed by atoms with van der Waals surface area (Å²) in [6.07, 6.45) is 4.67. The molecule has 1 aromatic carbocycles. The summed E-state index contributed by atoms with van der Waals surface area (Å²) in [5.74, 6) is -0.112. The summed E-state index contributed by atoms with van der Waals surface area (Å²) < 4.78 is 0. The van der Waals surface area contributed by atoms with Crippen molar-refractivity contribution < 1.29 is 14.4 Å². The first-order valence-electron chi connectivity index (χ1n) is 11.2. The second-order valence-corrected chi connectivity index (χ2v) is 8.86. The fourth-order valence-corrected chi connectivity index (χ4v) is 4.92. The average Bonchev–Trinajstić information content (AvgIpc) is 2.98. The number of nitrogens with one attached hydrogen (secondary N) is 1. The molecule has 2 aliphatic heterocycles. The minimum atomic E-state index is -0.709. The van der Waals surface area contributed by atoms with Crippen LogP contribution in [0.5, 0.6) is 0 Å². The summed E-state index contributed by atoms with van der Waals surface area (Å²) in [5, 5.41) is 2.91. The quantitative estimate of drug-likeness (QED) is 0.753. The molecule has 1 spiro atoms. The van der Waals surface area contributed by atoms with E-state index in [1.807, 2.05) is 4.90 Å². The van der Waals surface area contributed by atoms with E-state index < -0.39 is 5.54 Å². The van der Waals surface area contributed by atoms with Crippen LogP contribution >= 0.6 is 0 Å². The largest absolute Gasteiger partial charge is 0.340 e. The molecule has 0 bridgehead atoms. The Morgan fingerprint density at radius 3 is 2.43 bits per heavy atom. The average molecular weight is 413 g/mol. The summed E-state index contributed by atoms with van der Waals surface area (Å²) in [7, 11) is 0. The number of piperazine rings is 1. The van der Waals surface area contributed by atoms with Gasteiger partial charge in [-0.3, -0.25) is 19.4 Å². The van der Waals surface area contributed by atoms with Crippen LogP contribution in [0.1, 0.15) is 49.7 Å². The first-order chi connectivity index (χ1) is 14.5. The lowest BCUT2D eigenvalue weighted by Crippen LogP contribution is -2.49. The van der Waals surface area contributed by atoms with Gasteiger partial charge in [0, 0.05) is 45.7 Å². The Kier molecular flexibility index (Phi) is 6.09. The van der Waals surface area contributed by atoms with E-state index in [0.29, 0.717) is 25.9 Å². The third-order valence-electron chi connectivity index (χ3n) is 6.88. The number of imide groups is 1. The summed E-state index contributed by atoms with van der Waals surface area (Å²) in [6, 6.07) is 8.07. The van der Waals surface area contributed by atoms with Crippen LogP contribution in [0.4, 0.5) is 4.79 Å². The molecule has 4 rings (SSSR count). The second-order valence-electron chi connectivity index (χ2n) is 8.86. The van der Waals surface area contributed by atoms with Crippen LogP contribution in [0, 0.1) is 6.92 Å². The van der Waals surface area contributed by atoms with Crippen LogP contribution in [0.2, 0.25) is 0 Å². The van der Waals surface area contributed by atoms with Gasteiger partial charge in [-0.2, -0.15) is 0 Å². The van der Waals surface area contributed by atoms with Crippen LogP contribution in [-0.2, 0) is 16.1 Å². The standard InChI is InChI=1S/C23H32N4O3/c1-18-7-3-4-8-19(18)17-25-13-15-26(16-14-25)20(28)9-12-27-21(29)23(24-22(27)30)10-5-2-6-11-23/h3-4,7-8H,2,5-6,9-17H2,1H3,(H,24,30). The Morgan fingerprint density at radius 2 is 1.73 bits per heavy atom. The summed E-state index contributed by atoms with van der Waals surface area (Å²) in [6.45, 7) is 6.26. The van der Waals surface area contributed by atoms with Crippen LogP contribution < -0.4 is 5.32 Å². The summed E-state index contributed by atoms with van der Waals surface area (Å²) >= 11 is 0. The minimum absolute atomic E-state index is 0.0238. The van der Waals surface area contributed by atoms with Gasteiger partial charge in [-0.1, -0.05) is 43.5 Å². The Hall–Kier alpha value is -2.41. The third kappa shape index (κ3) is 4.21. The summed E-state index contributed by atoms with van der Waals surface area (Å²) in [5.41, 5.74) is 1.91. The van der Waals surface area contributed by atoms with Gasteiger partial charge in [0.15, 0.2) is 0 Å². The zero-order chi connectivity index (χ0) is 21.1. The molecule has 0 aromatic heterocycles. The second kappa shape index (κ2) is 8.76. The number of nitrogens with zero attached hydrogens (tertiary/aromatic N) is 3. The molecule has 1 aliphatic carbocycles. The normalized spacial score (nSPS) is 21.9. The zero-order valence-corrected chi connectivity index (χ0v) is 17.9. The van der Waals surface area contributed by atoms with Gasteiger partial charge in [0.05, 0.1) is 0 Å². The number of rotatable bonds is 5. The van der Waals surface area contributed by atoms with Crippen molar-refractivity contribution in [3.8, 4) is 0 Å². The van der Waals surface area contributed by atoms with Gasteiger partial charge in [-0.15, -0.1) is 0 Å². The maximum absolute atomic E-state index is 12.8. The Morgan fingerprint density at radius 1 is 1.03 bits per heavy atom. The number of carbonyl (C=O) groups excluding carboxylic acids is 3. The molecule has 7 heteroatoms. The van der Waals surface area contributed by atoms with Crippen LogP contribution in [0.25, 0.3) is 0 Å². The van der Waals surface area contributed by atoms with Crippen LogP contribution in [0.15, 0.2) is 24.3 Å². The fraction of sp³-hybridized carbons (Fsp3) is 0.609. The topological polar surface area (TPSA) is 73.0 Å². The highest BCUT2D eigenvalue weighted by Crippen LogP contribution is 2.33. The van der Waals surface area contributed by atoms with Crippen molar-refractivity contribution >= 4 is 17.8 Å². The number of benzene rings is 1. The van der Waals surface area contributed by atoms with E-state index in [2.05, 4.69) is 41.4 Å². The van der Waals surface area contributed by atoms with Crippen molar-refractivity contribution in [2.45, 2.75) is 57.5 Å². The van der Waals surface area contributed by atoms with Gasteiger partial charge in [-0.05, 0) is 30.9 Å². The molecule has 1 N–H and O–H groups in total.